The van der Waals surface area contributed by atoms with Gasteiger partial charge in [-0.3, -0.25) is 4.79 Å². The molecule has 20 heavy (non-hydrogen) atoms. The molecule has 0 radical (unpaired) electrons. The third-order valence-corrected chi connectivity index (χ3v) is 3.76. The minimum atomic E-state index is -0.275. The summed E-state index contributed by atoms with van der Waals surface area (Å²) in [4.78, 5) is 14.4. The second-order valence-corrected chi connectivity index (χ2v) is 5.10. The van der Waals surface area contributed by atoms with E-state index >= 15 is 0 Å². The number of aliphatic hydroxyl groups is 1. The molecule has 2 heterocycles. The number of hydrogen-bond donors (Lipinski definition) is 1. The molecule has 0 aliphatic carbocycles. The lowest BCUT2D eigenvalue weighted by atomic mass is 10.1. The summed E-state index contributed by atoms with van der Waals surface area (Å²) in [5.41, 5.74) is 1.75. The molecule has 1 amide bonds. The monoisotopic (exact) mass is 274 g/mol. The summed E-state index contributed by atoms with van der Waals surface area (Å²) in [5, 5.41) is 10.1. The lowest BCUT2D eigenvalue weighted by molar-refractivity contribution is -0.0446. The molecule has 1 aliphatic rings. The Hall–Kier alpha value is -1.85. The summed E-state index contributed by atoms with van der Waals surface area (Å²) in [5.74, 6) is 0.00329. The van der Waals surface area contributed by atoms with Crippen LogP contribution >= 0.6 is 0 Å². The number of para-hydroxylation sites is 1. The van der Waals surface area contributed by atoms with Crippen LogP contribution in [-0.2, 0) is 11.8 Å². The van der Waals surface area contributed by atoms with Crippen LogP contribution in [0.15, 0.2) is 30.5 Å². The Morgan fingerprint density at radius 2 is 2.25 bits per heavy atom. The standard InChI is InChI=1S/C15H18N2O3/c1-16-9-13(12-4-2-3-5-14(12)16)15(19)17-6-7-20-11(8-17)10-18/h2-5,9,11,18H,6-8,10H2,1H3/t11-/m1/s1. The molecular weight excluding hydrogens is 256 g/mol. The number of aromatic nitrogens is 1. The molecule has 5 nitrogen and oxygen atoms in total. The summed E-state index contributed by atoms with van der Waals surface area (Å²) < 4.78 is 7.35. The smallest absolute Gasteiger partial charge is 0.256 e. The lowest BCUT2D eigenvalue weighted by Gasteiger charge is -2.32. The van der Waals surface area contributed by atoms with E-state index in [9.17, 15) is 4.79 Å². The molecule has 0 bridgehead atoms. The van der Waals surface area contributed by atoms with E-state index in [0.717, 1.165) is 10.9 Å². The van der Waals surface area contributed by atoms with Crippen LogP contribution in [0.5, 0.6) is 0 Å². The Morgan fingerprint density at radius 3 is 3.05 bits per heavy atom. The maximum Gasteiger partial charge on any atom is 0.256 e. The first-order valence-corrected chi connectivity index (χ1v) is 6.76. The lowest BCUT2D eigenvalue weighted by Crippen LogP contribution is -2.46. The van der Waals surface area contributed by atoms with Crippen LogP contribution in [0.2, 0.25) is 0 Å². The van der Waals surface area contributed by atoms with E-state index in [4.69, 9.17) is 9.84 Å². The third-order valence-electron chi connectivity index (χ3n) is 3.76. The van der Waals surface area contributed by atoms with Crippen LogP contribution < -0.4 is 0 Å². The molecule has 1 N–H and O–H groups in total. The van der Waals surface area contributed by atoms with Crippen LogP contribution in [0, 0.1) is 0 Å². The van der Waals surface area contributed by atoms with Gasteiger partial charge in [0.15, 0.2) is 0 Å². The van der Waals surface area contributed by atoms with E-state index in [2.05, 4.69) is 0 Å². The van der Waals surface area contributed by atoms with Crippen molar-refractivity contribution in [2.45, 2.75) is 6.10 Å². The zero-order chi connectivity index (χ0) is 14.1. The van der Waals surface area contributed by atoms with Gasteiger partial charge in [0.2, 0.25) is 0 Å². The summed E-state index contributed by atoms with van der Waals surface area (Å²) in [6.07, 6.45) is 1.60. The number of aliphatic hydroxyl groups excluding tert-OH is 1. The van der Waals surface area contributed by atoms with Gasteiger partial charge < -0.3 is 19.3 Å². The normalized spacial score (nSPS) is 19.5. The van der Waals surface area contributed by atoms with Crippen LogP contribution in [0.25, 0.3) is 10.9 Å². The fourth-order valence-corrected chi connectivity index (χ4v) is 2.70. The first kappa shape index (κ1) is 13.1. The number of morpholine rings is 1. The van der Waals surface area contributed by atoms with Crippen LogP contribution in [0.1, 0.15) is 10.4 Å². The highest BCUT2D eigenvalue weighted by Crippen LogP contribution is 2.22. The zero-order valence-electron chi connectivity index (χ0n) is 11.5. The second-order valence-electron chi connectivity index (χ2n) is 5.10. The maximum absolute atomic E-state index is 12.7. The van der Waals surface area contributed by atoms with Crippen LogP contribution in [0.3, 0.4) is 0 Å². The predicted molar refractivity (Wildman–Crippen MR) is 75.6 cm³/mol. The molecular formula is C15H18N2O3. The average molecular weight is 274 g/mol. The topological polar surface area (TPSA) is 54.7 Å². The zero-order valence-corrected chi connectivity index (χ0v) is 11.5. The van der Waals surface area contributed by atoms with Gasteiger partial charge in [-0.25, -0.2) is 0 Å². The van der Waals surface area contributed by atoms with Crippen molar-refractivity contribution in [2.75, 3.05) is 26.3 Å². The quantitative estimate of drug-likeness (QED) is 0.889. The first-order chi connectivity index (χ1) is 9.70. The van der Waals surface area contributed by atoms with Crippen molar-refractivity contribution in [3.05, 3.63) is 36.0 Å². The SMILES string of the molecule is Cn1cc(C(=O)N2CCO[C@@H](CO)C2)c2ccccc21. The highest BCUT2D eigenvalue weighted by atomic mass is 16.5. The van der Waals surface area contributed by atoms with Gasteiger partial charge in [0.1, 0.15) is 0 Å². The molecule has 2 aromatic rings. The number of hydrogen-bond acceptors (Lipinski definition) is 3. The van der Waals surface area contributed by atoms with E-state index in [0.29, 0.717) is 25.3 Å². The number of amides is 1. The van der Waals surface area contributed by atoms with E-state index in [1.54, 1.807) is 4.90 Å². The molecule has 1 atom stereocenters. The fourth-order valence-electron chi connectivity index (χ4n) is 2.70. The molecule has 106 valence electrons. The molecule has 5 heteroatoms. The van der Waals surface area contributed by atoms with Gasteiger partial charge in [-0.1, -0.05) is 18.2 Å². The van der Waals surface area contributed by atoms with Gasteiger partial charge in [0.05, 0.1) is 24.9 Å². The van der Waals surface area contributed by atoms with Crippen molar-refractivity contribution in [1.82, 2.24) is 9.47 Å². The number of fused-ring (bicyclic) bond motifs is 1. The second kappa shape index (κ2) is 5.26. The van der Waals surface area contributed by atoms with Crippen molar-refractivity contribution < 1.29 is 14.6 Å². The molecule has 0 saturated carbocycles. The highest BCUT2D eigenvalue weighted by Gasteiger charge is 2.26. The Morgan fingerprint density at radius 1 is 1.45 bits per heavy atom. The van der Waals surface area contributed by atoms with Crippen LogP contribution in [0.4, 0.5) is 0 Å². The van der Waals surface area contributed by atoms with E-state index in [1.807, 2.05) is 42.1 Å². The minimum Gasteiger partial charge on any atom is -0.394 e. The minimum absolute atomic E-state index is 0.00329. The number of carbonyl (C=O) groups excluding carboxylic acids is 1. The molecule has 0 spiro atoms. The van der Waals surface area contributed by atoms with E-state index < -0.39 is 0 Å². The average Bonchev–Trinajstić information content (AvgIpc) is 2.84. The number of aryl methyl sites for hydroxylation is 1. The molecule has 1 aliphatic heterocycles. The summed E-state index contributed by atoms with van der Waals surface area (Å²) in [6, 6.07) is 7.87. The Labute approximate surface area is 117 Å². The van der Waals surface area contributed by atoms with Gasteiger partial charge in [-0.2, -0.15) is 0 Å². The summed E-state index contributed by atoms with van der Waals surface area (Å²) in [6.45, 7) is 1.43. The van der Waals surface area contributed by atoms with Crippen molar-refractivity contribution in [2.24, 2.45) is 7.05 Å². The van der Waals surface area contributed by atoms with Gasteiger partial charge >= 0.3 is 0 Å². The number of benzene rings is 1. The van der Waals surface area contributed by atoms with Crippen molar-refractivity contribution in [1.29, 1.82) is 0 Å². The molecule has 1 aromatic carbocycles. The maximum atomic E-state index is 12.7. The third kappa shape index (κ3) is 2.19. The number of nitrogens with zero attached hydrogens (tertiary/aromatic N) is 2. The largest absolute Gasteiger partial charge is 0.394 e. The Kier molecular flexibility index (Phi) is 3.46. The first-order valence-electron chi connectivity index (χ1n) is 6.76. The Balaban J connectivity index is 1.92. The molecule has 1 fully saturated rings. The number of carbonyl (C=O) groups is 1. The van der Waals surface area contributed by atoms with Crippen LogP contribution in [-0.4, -0.2) is 52.9 Å². The molecule has 1 saturated heterocycles. The van der Waals surface area contributed by atoms with Gasteiger partial charge in [0.25, 0.3) is 5.91 Å². The summed E-state index contributed by atoms with van der Waals surface area (Å²) >= 11 is 0. The summed E-state index contributed by atoms with van der Waals surface area (Å²) in [7, 11) is 1.94. The molecule has 0 unspecified atom stereocenters. The fraction of sp³-hybridized carbons (Fsp3) is 0.400. The highest BCUT2D eigenvalue weighted by molar-refractivity contribution is 6.07. The molecule has 3 rings (SSSR count). The van der Waals surface area contributed by atoms with Crippen molar-refractivity contribution >= 4 is 16.8 Å². The molecule has 1 aromatic heterocycles. The van der Waals surface area contributed by atoms with E-state index in [1.165, 1.54) is 0 Å². The number of ether oxygens (including phenoxy) is 1. The van der Waals surface area contributed by atoms with Crippen molar-refractivity contribution in [3.8, 4) is 0 Å². The van der Waals surface area contributed by atoms with E-state index in [-0.39, 0.29) is 18.6 Å². The van der Waals surface area contributed by atoms with Crippen molar-refractivity contribution in [3.63, 3.8) is 0 Å². The Bertz CT molecular complexity index is 635. The van der Waals surface area contributed by atoms with Gasteiger partial charge in [0, 0.05) is 37.2 Å². The van der Waals surface area contributed by atoms with Gasteiger partial charge in [-0.15, -0.1) is 0 Å². The predicted octanol–water partition coefficient (Wildman–Crippen LogP) is 1.01. The van der Waals surface area contributed by atoms with Gasteiger partial charge in [-0.05, 0) is 6.07 Å². The number of rotatable bonds is 2.